The van der Waals surface area contributed by atoms with Gasteiger partial charge < -0.3 is 9.88 Å². The molecule has 0 atom stereocenters. The van der Waals surface area contributed by atoms with Crippen molar-refractivity contribution in [3.63, 3.8) is 0 Å². The fourth-order valence-electron chi connectivity index (χ4n) is 3.41. The molecule has 1 aliphatic heterocycles. The second-order valence-electron chi connectivity index (χ2n) is 6.36. The average molecular weight is 336 g/mol. The fraction of sp³-hybridized carbons (Fsp3) is 0.263. The van der Waals surface area contributed by atoms with E-state index in [1.807, 2.05) is 6.07 Å². The van der Waals surface area contributed by atoms with Crippen molar-refractivity contribution in [2.45, 2.75) is 26.8 Å². The minimum Gasteiger partial charge on any atom is -0.332 e. The summed E-state index contributed by atoms with van der Waals surface area (Å²) in [6.45, 7) is 6.07. The van der Waals surface area contributed by atoms with Gasteiger partial charge in [0.25, 0.3) is 0 Å². The van der Waals surface area contributed by atoms with Gasteiger partial charge in [0.2, 0.25) is 5.95 Å². The highest BCUT2D eigenvalue weighted by Crippen LogP contribution is 2.27. The second-order valence-corrected chi connectivity index (χ2v) is 6.75. The molecule has 0 radical (unpaired) electrons. The smallest absolute Gasteiger partial charge is 0.212 e. The van der Waals surface area contributed by atoms with E-state index in [0.717, 1.165) is 36.7 Å². The van der Waals surface area contributed by atoms with Crippen LogP contribution >= 0.6 is 12.2 Å². The van der Waals surface area contributed by atoms with E-state index in [0.29, 0.717) is 5.11 Å². The summed E-state index contributed by atoms with van der Waals surface area (Å²) in [4.78, 5) is 6.90. The number of hydrogen-bond acceptors (Lipinski definition) is 2. The molecule has 1 aromatic heterocycles. The summed E-state index contributed by atoms with van der Waals surface area (Å²) in [7, 11) is 0. The number of fused-ring (bicyclic) bond motifs is 3. The van der Waals surface area contributed by atoms with Gasteiger partial charge in [0.1, 0.15) is 0 Å². The number of imidazole rings is 1. The molecule has 4 rings (SSSR count). The van der Waals surface area contributed by atoms with Gasteiger partial charge in [-0.25, -0.2) is 4.98 Å². The molecule has 3 aromatic rings. The van der Waals surface area contributed by atoms with E-state index in [2.05, 4.69) is 65.0 Å². The molecule has 4 nitrogen and oxygen atoms in total. The Bertz CT molecular complexity index is 908. The molecular formula is C19H20N4S. The number of thiocarbonyl (C=S) groups is 1. The van der Waals surface area contributed by atoms with E-state index in [4.69, 9.17) is 17.2 Å². The Morgan fingerprint density at radius 3 is 2.62 bits per heavy atom. The molecule has 0 aliphatic carbocycles. The van der Waals surface area contributed by atoms with E-state index in [1.165, 1.54) is 16.6 Å². The Labute approximate surface area is 147 Å². The van der Waals surface area contributed by atoms with Crippen LogP contribution in [-0.2, 0) is 6.54 Å². The maximum absolute atomic E-state index is 5.68. The largest absolute Gasteiger partial charge is 0.332 e. The zero-order valence-electron chi connectivity index (χ0n) is 13.9. The summed E-state index contributed by atoms with van der Waals surface area (Å²) in [6, 6.07) is 14.7. The first-order chi connectivity index (χ1) is 11.6. The van der Waals surface area contributed by atoms with Gasteiger partial charge in [-0.1, -0.05) is 18.2 Å². The summed E-state index contributed by atoms with van der Waals surface area (Å²) in [5, 5.41) is 4.09. The van der Waals surface area contributed by atoms with Gasteiger partial charge in [-0.05, 0) is 67.9 Å². The molecule has 0 saturated carbocycles. The first kappa shape index (κ1) is 15.1. The Balaban J connectivity index is 1.67. The Morgan fingerprint density at radius 2 is 1.83 bits per heavy atom. The van der Waals surface area contributed by atoms with Gasteiger partial charge in [-0.3, -0.25) is 4.90 Å². The molecule has 0 saturated heterocycles. The van der Waals surface area contributed by atoms with Gasteiger partial charge in [0.15, 0.2) is 5.11 Å². The minimum absolute atomic E-state index is 0.705. The van der Waals surface area contributed by atoms with Gasteiger partial charge in [0, 0.05) is 18.8 Å². The van der Waals surface area contributed by atoms with E-state index in [1.54, 1.807) is 0 Å². The van der Waals surface area contributed by atoms with Crippen molar-refractivity contribution in [2.24, 2.45) is 0 Å². The van der Waals surface area contributed by atoms with Gasteiger partial charge in [-0.2, -0.15) is 0 Å². The number of rotatable bonds is 1. The summed E-state index contributed by atoms with van der Waals surface area (Å²) < 4.78 is 2.26. The lowest BCUT2D eigenvalue weighted by atomic mass is 10.1. The average Bonchev–Trinajstić information content (AvgIpc) is 2.92. The summed E-state index contributed by atoms with van der Waals surface area (Å²) >= 11 is 5.68. The van der Waals surface area contributed by atoms with Crippen molar-refractivity contribution in [1.82, 2.24) is 9.55 Å². The van der Waals surface area contributed by atoms with Crippen LogP contribution in [0.25, 0.3) is 11.0 Å². The quantitative estimate of drug-likeness (QED) is 0.673. The Hall–Kier alpha value is -2.40. The highest BCUT2D eigenvalue weighted by molar-refractivity contribution is 7.80. The van der Waals surface area contributed by atoms with E-state index in [-0.39, 0.29) is 0 Å². The van der Waals surface area contributed by atoms with Crippen molar-refractivity contribution in [2.75, 3.05) is 16.8 Å². The van der Waals surface area contributed by atoms with Crippen LogP contribution in [0.4, 0.5) is 11.6 Å². The van der Waals surface area contributed by atoms with Gasteiger partial charge >= 0.3 is 0 Å². The first-order valence-electron chi connectivity index (χ1n) is 8.24. The second kappa shape index (κ2) is 5.91. The van der Waals surface area contributed by atoms with Crippen molar-refractivity contribution >= 4 is 40.0 Å². The zero-order valence-corrected chi connectivity index (χ0v) is 14.7. The minimum atomic E-state index is 0.705. The number of benzene rings is 2. The lowest BCUT2D eigenvalue weighted by Gasteiger charge is -2.29. The summed E-state index contributed by atoms with van der Waals surface area (Å²) in [5.74, 6) is 0.935. The standard InChI is InChI=1S/C19H20N4S/c1-13-10-14(2)12-15(11-13)20-19(24)23-9-5-8-22-17-7-4-3-6-16(17)21-18(22)23/h3-4,6-7,10-12H,5,8-9H2,1-2H3,(H,20,24). The third-order valence-corrected chi connectivity index (χ3v) is 4.68. The number of nitrogens with zero attached hydrogens (tertiary/aromatic N) is 3. The van der Waals surface area contributed by atoms with Crippen LogP contribution in [-0.4, -0.2) is 21.2 Å². The number of para-hydroxylation sites is 2. The SMILES string of the molecule is Cc1cc(C)cc(NC(=S)N2CCCn3c2nc2ccccc23)c1. The molecule has 1 aliphatic rings. The molecule has 0 amide bonds. The molecule has 0 spiro atoms. The number of aryl methyl sites for hydroxylation is 3. The van der Waals surface area contributed by atoms with Crippen LogP contribution in [0.5, 0.6) is 0 Å². The normalized spacial score (nSPS) is 13.8. The lowest BCUT2D eigenvalue weighted by Crippen LogP contribution is -2.40. The fourth-order valence-corrected chi connectivity index (χ4v) is 3.70. The van der Waals surface area contributed by atoms with Crippen molar-refractivity contribution in [1.29, 1.82) is 0 Å². The van der Waals surface area contributed by atoms with E-state index >= 15 is 0 Å². The third kappa shape index (κ3) is 2.65. The lowest BCUT2D eigenvalue weighted by molar-refractivity contribution is 0.612. The molecule has 5 heteroatoms. The molecule has 0 bridgehead atoms. The maximum atomic E-state index is 5.68. The van der Waals surface area contributed by atoms with Gasteiger partial charge in [-0.15, -0.1) is 0 Å². The Kier molecular flexibility index (Phi) is 3.73. The van der Waals surface area contributed by atoms with Crippen LogP contribution < -0.4 is 10.2 Å². The molecule has 122 valence electrons. The monoisotopic (exact) mass is 336 g/mol. The molecule has 2 heterocycles. The molecule has 1 N–H and O–H groups in total. The van der Waals surface area contributed by atoms with Crippen molar-refractivity contribution < 1.29 is 0 Å². The molecular weight excluding hydrogens is 316 g/mol. The van der Waals surface area contributed by atoms with Crippen LogP contribution in [0.2, 0.25) is 0 Å². The number of anilines is 2. The topological polar surface area (TPSA) is 33.1 Å². The highest BCUT2D eigenvalue weighted by Gasteiger charge is 2.24. The summed E-state index contributed by atoms with van der Waals surface area (Å²) in [6.07, 6.45) is 1.06. The molecule has 24 heavy (non-hydrogen) atoms. The number of nitrogens with one attached hydrogen (secondary N) is 1. The predicted molar refractivity (Wildman–Crippen MR) is 104 cm³/mol. The molecule has 2 aromatic carbocycles. The van der Waals surface area contributed by atoms with Crippen LogP contribution in [0.3, 0.4) is 0 Å². The van der Waals surface area contributed by atoms with Crippen LogP contribution in [0, 0.1) is 13.8 Å². The third-order valence-electron chi connectivity index (χ3n) is 4.36. The van der Waals surface area contributed by atoms with Crippen molar-refractivity contribution in [3.05, 3.63) is 53.6 Å². The molecule has 0 unspecified atom stereocenters. The first-order valence-corrected chi connectivity index (χ1v) is 8.65. The van der Waals surface area contributed by atoms with Crippen LogP contribution in [0.1, 0.15) is 17.5 Å². The number of aromatic nitrogens is 2. The highest BCUT2D eigenvalue weighted by atomic mass is 32.1. The Morgan fingerprint density at radius 1 is 1.08 bits per heavy atom. The van der Waals surface area contributed by atoms with E-state index in [9.17, 15) is 0 Å². The van der Waals surface area contributed by atoms with Gasteiger partial charge in [0.05, 0.1) is 11.0 Å². The zero-order chi connectivity index (χ0) is 16.7. The predicted octanol–water partition coefficient (Wildman–Crippen LogP) is 4.26. The maximum Gasteiger partial charge on any atom is 0.212 e. The number of hydrogen-bond donors (Lipinski definition) is 1. The molecule has 0 fully saturated rings. The van der Waals surface area contributed by atoms with Crippen LogP contribution in [0.15, 0.2) is 42.5 Å². The van der Waals surface area contributed by atoms with E-state index < -0.39 is 0 Å². The van der Waals surface area contributed by atoms with Crippen molar-refractivity contribution in [3.8, 4) is 0 Å². The summed E-state index contributed by atoms with van der Waals surface area (Å²) in [5.41, 5.74) is 5.68.